The average Bonchev–Trinajstić information content (AvgIpc) is 3.08. The number of amides is 2. The second-order valence-corrected chi connectivity index (χ2v) is 19.3. The molecule has 0 aromatic carbocycles. The Labute approximate surface area is 296 Å². The maximum Gasteiger partial charge on any atom is 0.227 e. The van der Waals surface area contributed by atoms with E-state index in [1.165, 1.54) is 19.1 Å². The number of likely N-dealkylation sites (N-methyl/N-ethyl adjacent to an activating group) is 1. The minimum Gasteiger partial charge on any atom is -0.393 e. The van der Waals surface area contributed by atoms with Gasteiger partial charge in [0.2, 0.25) is 31.9 Å². The van der Waals surface area contributed by atoms with Crippen LogP contribution in [0, 0.1) is 17.8 Å². The molecule has 286 valence electrons. The van der Waals surface area contributed by atoms with Crippen molar-refractivity contribution in [1.29, 1.82) is 0 Å². The lowest BCUT2D eigenvalue weighted by Crippen LogP contribution is -2.55. The summed E-state index contributed by atoms with van der Waals surface area (Å²) in [6, 6.07) is -0.738. The molecule has 0 spiro atoms. The van der Waals surface area contributed by atoms with Crippen LogP contribution in [-0.4, -0.2) is 122 Å². The number of aliphatic hydroxyl groups excluding tert-OH is 2. The summed E-state index contributed by atoms with van der Waals surface area (Å²) in [7, 11) is -4.48. The Hall–Kier alpha value is -1.36. The van der Waals surface area contributed by atoms with Crippen molar-refractivity contribution in [3.05, 3.63) is 0 Å². The summed E-state index contributed by atoms with van der Waals surface area (Å²) in [5.74, 6) is -1.78. The first-order valence-electron chi connectivity index (χ1n) is 18.8. The Morgan fingerprint density at radius 2 is 1.41 bits per heavy atom. The summed E-state index contributed by atoms with van der Waals surface area (Å²) >= 11 is 0. The predicted molar refractivity (Wildman–Crippen MR) is 191 cm³/mol. The maximum absolute atomic E-state index is 14.1. The molecule has 0 saturated heterocycles. The summed E-state index contributed by atoms with van der Waals surface area (Å²) < 4.78 is 54.3. The summed E-state index contributed by atoms with van der Waals surface area (Å²) in [4.78, 5) is 32.3. The molecule has 0 aromatic rings. The molecule has 4 N–H and O–H groups in total. The first kappa shape index (κ1) is 42.1. The Kier molecular flexibility index (Phi) is 16.7. The first-order valence-corrected chi connectivity index (χ1v) is 21.8. The predicted octanol–water partition coefficient (Wildman–Crippen LogP) is 2.59. The fourth-order valence-corrected chi connectivity index (χ4v) is 11.1. The highest BCUT2D eigenvalue weighted by Gasteiger charge is 2.44. The monoisotopic (exact) mass is 735 g/mol. The van der Waals surface area contributed by atoms with E-state index in [9.17, 15) is 36.6 Å². The fourth-order valence-electron chi connectivity index (χ4n) is 7.92. The van der Waals surface area contributed by atoms with Crippen molar-refractivity contribution < 1.29 is 36.6 Å². The van der Waals surface area contributed by atoms with Crippen molar-refractivity contribution in [2.75, 3.05) is 40.3 Å². The van der Waals surface area contributed by atoms with Crippen LogP contribution >= 0.6 is 0 Å². The van der Waals surface area contributed by atoms with Crippen molar-refractivity contribution in [1.82, 2.24) is 24.4 Å². The second kappa shape index (κ2) is 19.5. The van der Waals surface area contributed by atoms with Crippen LogP contribution < -0.4 is 10.1 Å². The lowest BCUT2D eigenvalue weighted by molar-refractivity contribution is -0.138. The van der Waals surface area contributed by atoms with Gasteiger partial charge in [-0.2, -0.15) is 0 Å². The van der Waals surface area contributed by atoms with Crippen molar-refractivity contribution in [2.45, 2.75) is 146 Å². The van der Waals surface area contributed by atoms with Gasteiger partial charge >= 0.3 is 0 Å². The minimum atomic E-state index is -3.76. The van der Waals surface area contributed by atoms with E-state index < -0.39 is 60.4 Å². The van der Waals surface area contributed by atoms with E-state index in [2.05, 4.69) is 10.1 Å². The highest BCUT2D eigenvalue weighted by molar-refractivity contribution is 7.90. The smallest absolute Gasteiger partial charge is 0.227 e. The number of hydrazine groups is 1. The molecule has 0 aliphatic heterocycles. The zero-order valence-corrected chi connectivity index (χ0v) is 32.2. The number of hydrogen-bond donors (Lipinski definition) is 4. The van der Waals surface area contributed by atoms with Crippen molar-refractivity contribution in [3.8, 4) is 0 Å². The summed E-state index contributed by atoms with van der Waals surface area (Å²) in [5, 5.41) is 24.9. The van der Waals surface area contributed by atoms with Crippen LogP contribution in [0.1, 0.15) is 117 Å². The zero-order chi connectivity index (χ0) is 36.4. The molecule has 0 heterocycles. The SMILES string of the molecule is CCCN(CCC)C(=O)C1CC(C(=O)NC(CC2CCC(O)CC2)C(O)CN(CC)NS(=O)(=O)C2CCCCC2)CC(S(=O)(=O)N(C)C)C1. The van der Waals surface area contributed by atoms with E-state index in [0.29, 0.717) is 51.7 Å². The molecule has 13 nitrogen and oxygen atoms in total. The first-order chi connectivity index (χ1) is 23.1. The largest absolute Gasteiger partial charge is 0.393 e. The molecule has 0 aromatic heterocycles. The van der Waals surface area contributed by atoms with E-state index in [-0.39, 0.29) is 43.7 Å². The maximum atomic E-state index is 14.1. The second-order valence-electron chi connectivity index (χ2n) is 14.9. The van der Waals surface area contributed by atoms with E-state index in [0.717, 1.165) is 49.3 Å². The van der Waals surface area contributed by atoms with Gasteiger partial charge in [-0.15, -0.1) is 4.83 Å². The van der Waals surface area contributed by atoms with Gasteiger partial charge in [0.1, 0.15) is 0 Å². The van der Waals surface area contributed by atoms with Crippen LogP contribution in [-0.2, 0) is 29.6 Å². The van der Waals surface area contributed by atoms with Gasteiger partial charge in [0.15, 0.2) is 0 Å². The highest BCUT2D eigenvalue weighted by atomic mass is 32.2. The molecule has 2 amide bonds. The molecule has 3 aliphatic rings. The number of carbonyl (C=O) groups excluding carboxylic acids is 2. The molecule has 5 unspecified atom stereocenters. The minimum absolute atomic E-state index is 0.0465. The summed E-state index contributed by atoms with van der Waals surface area (Å²) in [6.45, 7) is 7.17. The molecule has 0 bridgehead atoms. The molecule has 15 heteroatoms. The molecule has 3 fully saturated rings. The number of aliphatic hydroxyl groups is 2. The zero-order valence-electron chi connectivity index (χ0n) is 30.6. The quantitative estimate of drug-likeness (QED) is 0.154. The van der Waals surface area contributed by atoms with Crippen LogP contribution in [0.5, 0.6) is 0 Å². The fraction of sp³-hybridized carbons (Fsp3) is 0.941. The third-order valence-corrected chi connectivity index (χ3v) is 15.0. The van der Waals surface area contributed by atoms with Gasteiger partial charge in [-0.1, -0.05) is 40.0 Å². The number of nitrogens with one attached hydrogen (secondary N) is 2. The average molecular weight is 736 g/mol. The van der Waals surface area contributed by atoms with Crippen molar-refractivity contribution in [2.24, 2.45) is 17.8 Å². The van der Waals surface area contributed by atoms with E-state index in [1.54, 1.807) is 11.8 Å². The summed E-state index contributed by atoms with van der Waals surface area (Å²) in [6.07, 6.45) is 7.60. The van der Waals surface area contributed by atoms with Gasteiger partial charge in [0.25, 0.3) is 0 Å². The van der Waals surface area contributed by atoms with Gasteiger partial charge in [0, 0.05) is 52.1 Å². The van der Waals surface area contributed by atoms with Gasteiger partial charge in [-0.05, 0) is 83.0 Å². The number of carbonyl (C=O) groups is 2. The number of nitrogens with zero attached hydrogens (tertiary/aromatic N) is 3. The van der Waals surface area contributed by atoms with Gasteiger partial charge in [-0.3, -0.25) is 9.59 Å². The Morgan fingerprint density at radius 3 is 1.96 bits per heavy atom. The number of hydrogen-bond acceptors (Lipinski definition) is 9. The van der Waals surface area contributed by atoms with Crippen LogP contribution in [0.15, 0.2) is 0 Å². The number of rotatable bonds is 18. The molecule has 3 saturated carbocycles. The van der Waals surface area contributed by atoms with Crippen LogP contribution in [0.3, 0.4) is 0 Å². The molecule has 3 aliphatic carbocycles. The van der Waals surface area contributed by atoms with E-state index in [4.69, 9.17) is 0 Å². The van der Waals surface area contributed by atoms with E-state index in [1.807, 2.05) is 13.8 Å². The Morgan fingerprint density at radius 1 is 0.816 bits per heavy atom. The van der Waals surface area contributed by atoms with E-state index >= 15 is 0 Å². The van der Waals surface area contributed by atoms with Crippen molar-refractivity contribution >= 4 is 31.9 Å². The third kappa shape index (κ3) is 12.1. The Bertz CT molecular complexity index is 1250. The third-order valence-electron chi connectivity index (χ3n) is 10.8. The van der Waals surface area contributed by atoms with Gasteiger partial charge in [0.05, 0.1) is 28.7 Å². The molecule has 0 radical (unpaired) electrons. The van der Waals surface area contributed by atoms with Crippen LogP contribution in [0.2, 0.25) is 0 Å². The Balaban J connectivity index is 1.83. The molecule has 5 atom stereocenters. The lowest BCUT2D eigenvalue weighted by Gasteiger charge is -2.38. The normalized spacial score (nSPS) is 27.2. The van der Waals surface area contributed by atoms with Crippen LogP contribution in [0.25, 0.3) is 0 Å². The highest BCUT2D eigenvalue weighted by Crippen LogP contribution is 2.36. The van der Waals surface area contributed by atoms with Gasteiger partial charge in [-0.25, -0.2) is 26.1 Å². The summed E-state index contributed by atoms with van der Waals surface area (Å²) in [5.41, 5.74) is 0. The van der Waals surface area contributed by atoms with Crippen LogP contribution in [0.4, 0.5) is 0 Å². The molecular weight excluding hydrogens is 671 g/mol. The standard InChI is InChI=1S/C34H65N5O8S2/c1-6-18-38(19-7-2)34(43)27-21-26(22-30(23-27)49(46,47)37(4)5)33(42)35-31(20-25-14-16-28(40)17-15-25)32(41)24-39(8-3)36-48(44,45)29-12-10-9-11-13-29/h25-32,36,40-41H,6-24H2,1-5H3,(H,35,42). The number of sulfonamides is 2. The topological polar surface area (TPSA) is 177 Å². The van der Waals surface area contributed by atoms with Crippen molar-refractivity contribution in [3.63, 3.8) is 0 Å². The molecular formula is C34H65N5O8S2. The van der Waals surface area contributed by atoms with Gasteiger partial charge < -0.3 is 20.4 Å². The molecule has 3 rings (SSSR count). The lowest BCUT2D eigenvalue weighted by atomic mass is 9.79. The molecule has 49 heavy (non-hydrogen) atoms.